The van der Waals surface area contributed by atoms with Gasteiger partial charge in [-0.15, -0.1) is 11.3 Å². The number of anilines is 1. The van der Waals surface area contributed by atoms with Crippen molar-refractivity contribution in [2.24, 2.45) is 0 Å². The number of hydrogen-bond acceptors (Lipinski definition) is 6. The molecule has 3 heterocycles. The van der Waals surface area contributed by atoms with E-state index in [0.717, 1.165) is 78.6 Å². The van der Waals surface area contributed by atoms with Gasteiger partial charge in [-0.25, -0.2) is 4.98 Å². The summed E-state index contributed by atoms with van der Waals surface area (Å²) in [7, 11) is 1.70. The van der Waals surface area contributed by atoms with Crippen LogP contribution in [-0.4, -0.2) is 73.1 Å². The van der Waals surface area contributed by atoms with E-state index in [9.17, 15) is 4.79 Å². The van der Waals surface area contributed by atoms with Gasteiger partial charge in [0, 0.05) is 56.6 Å². The molecule has 6 nitrogen and oxygen atoms in total. The Kier molecular flexibility index (Phi) is 6.02. The zero-order chi connectivity index (χ0) is 22.1. The quantitative estimate of drug-likeness (QED) is 0.600. The van der Waals surface area contributed by atoms with Gasteiger partial charge < -0.3 is 14.5 Å². The van der Waals surface area contributed by atoms with Gasteiger partial charge in [-0.1, -0.05) is 0 Å². The number of carbonyl (C=O) groups excluding carboxylic acids is 1. The van der Waals surface area contributed by atoms with E-state index >= 15 is 0 Å². The molecular weight excluding hydrogens is 420 g/mol. The summed E-state index contributed by atoms with van der Waals surface area (Å²) < 4.78 is 6.42. The lowest BCUT2D eigenvalue weighted by Crippen LogP contribution is -2.55. The highest BCUT2D eigenvalue weighted by atomic mass is 32.1. The van der Waals surface area contributed by atoms with Gasteiger partial charge in [-0.05, 0) is 62.2 Å². The molecule has 0 N–H and O–H groups in total. The van der Waals surface area contributed by atoms with Crippen LogP contribution >= 0.6 is 11.3 Å². The van der Waals surface area contributed by atoms with Crippen molar-refractivity contribution in [3.05, 3.63) is 53.0 Å². The maximum absolute atomic E-state index is 13.2. The molecule has 0 saturated carbocycles. The second kappa shape index (κ2) is 9.08. The SMILES string of the molecule is COc1ccc(N2CCN([C@H]3CCCN(C(=O)c4ccc5sc(C)nc5c4)C3)CC2)cc1. The number of methoxy groups -OCH3 is 1. The molecule has 1 aromatic heterocycles. The fraction of sp³-hybridized carbons (Fsp3) is 0.440. The zero-order valence-electron chi connectivity index (χ0n) is 18.8. The number of rotatable bonds is 4. The fourth-order valence-corrected chi connectivity index (χ4v) is 5.74. The largest absolute Gasteiger partial charge is 0.497 e. The molecule has 1 amide bonds. The summed E-state index contributed by atoms with van der Waals surface area (Å²) in [6.07, 6.45) is 2.23. The second-order valence-corrected chi connectivity index (χ2v) is 9.92. The van der Waals surface area contributed by atoms with Crippen molar-refractivity contribution in [2.75, 3.05) is 51.3 Å². The molecule has 3 aromatic rings. The number of carbonyl (C=O) groups is 1. The molecule has 5 rings (SSSR count). The maximum atomic E-state index is 13.2. The molecule has 1 atom stereocenters. The topological polar surface area (TPSA) is 48.9 Å². The smallest absolute Gasteiger partial charge is 0.253 e. The van der Waals surface area contributed by atoms with Crippen LogP contribution in [0.3, 0.4) is 0 Å². The van der Waals surface area contributed by atoms with Gasteiger partial charge in [-0.2, -0.15) is 0 Å². The molecule has 168 valence electrons. The van der Waals surface area contributed by atoms with Gasteiger partial charge in [0.1, 0.15) is 5.75 Å². The summed E-state index contributed by atoms with van der Waals surface area (Å²) >= 11 is 1.67. The first-order valence-electron chi connectivity index (χ1n) is 11.4. The Labute approximate surface area is 193 Å². The van der Waals surface area contributed by atoms with E-state index in [2.05, 4.69) is 26.9 Å². The van der Waals surface area contributed by atoms with E-state index in [4.69, 9.17) is 4.74 Å². The Bertz CT molecular complexity index is 1090. The maximum Gasteiger partial charge on any atom is 0.253 e. The van der Waals surface area contributed by atoms with E-state index in [1.165, 1.54) is 5.69 Å². The first-order chi connectivity index (χ1) is 15.6. The first kappa shape index (κ1) is 21.2. The summed E-state index contributed by atoms with van der Waals surface area (Å²) in [5.41, 5.74) is 2.94. The van der Waals surface area contributed by atoms with E-state index in [0.29, 0.717) is 6.04 Å². The number of hydrogen-bond donors (Lipinski definition) is 0. The summed E-state index contributed by atoms with van der Waals surface area (Å²) in [6.45, 7) is 7.75. The molecule has 0 bridgehead atoms. The monoisotopic (exact) mass is 450 g/mol. The van der Waals surface area contributed by atoms with Gasteiger partial charge in [0.2, 0.25) is 0 Å². The van der Waals surface area contributed by atoms with Crippen LogP contribution in [0.15, 0.2) is 42.5 Å². The number of aromatic nitrogens is 1. The summed E-state index contributed by atoms with van der Waals surface area (Å²) in [5.74, 6) is 1.03. The molecule has 2 aromatic carbocycles. The van der Waals surface area contributed by atoms with Crippen LogP contribution in [0, 0.1) is 6.92 Å². The van der Waals surface area contributed by atoms with E-state index in [1.54, 1.807) is 18.4 Å². The lowest BCUT2D eigenvalue weighted by molar-refractivity contribution is 0.0563. The van der Waals surface area contributed by atoms with E-state index in [-0.39, 0.29) is 5.91 Å². The number of likely N-dealkylation sites (tertiary alicyclic amines) is 1. The standard InChI is InChI=1S/C25H30N4O2S/c1-18-26-23-16-19(5-10-24(23)32-18)25(30)29-11-3-4-21(17-29)28-14-12-27(13-15-28)20-6-8-22(31-2)9-7-20/h5-10,16,21H,3-4,11-15,17H2,1-2H3/t21-/m0/s1. The second-order valence-electron chi connectivity index (χ2n) is 8.68. The van der Waals surface area contributed by atoms with Crippen molar-refractivity contribution >= 4 is 33.1 Å². The molecular formula is C25H30N4O2S. The minimum atomic E-state index is 0.138. The number of piperazine rings is 1. The van der Waals surface area contributed by atoms with Crippen LogP contribution in [0.4, 0.5) is 5.69 Å². The third-order valence-corrected chi connectivity index (χ3v) is 7.65. The third-order valence-electron chi connectivity index (χ3n) is 6.69. The molecule has 2 fully saturated rings. The van der Waals surface area contributed by atoms with Crippen LogP contribution in [-0.2, 0) is 0 Å². The van der Waals surface area contributed by atoms with Gasteiger partial charge >= 0.3 is 0 Å². The Morgan fingerprint density at radius 3 is 2.59 bits per heavy atom. The number of benzene rings is 2. The molecule has 2 saturated heterocycles. The normalized spacial score (nSPS) is 20.0. The van der Waals surface area contributed by atoms with Crippen molar-refractivity contribution in [2.45, 2.75) is 25.8 Å². The highest BCUT2D eigenvalue weighted by Crippen LogP contribution is 2.26. The minimum Gasteiger partial charge on any atom is -0.497 e. The van der Waals surface area contributed by atoms with Crippen LogP contribution in [0.5, 0.6) is 5.75 Å². The van der Waals surface area contributed by atoms with Crippen LogP contribution in [0.2, 0.25) is 0 Å². The molecule has 0 unspecified atom stereocenters. The van der Waals surface area contributed by atoms with Crippen LogP contribution < -0.4 is 9.64 Å². The minimum absolute atomic E-state index is 0.138. The molecule has 0 spiro atoms. The van der Waals surface area contributed by atoms with E-state index in [1.807, 2.05) is 42.2 Å². The molecule has 2 aliphatic rings. The number of ether oxygens (including phenoxy) is 1. The predicted octanol–water partition coefficient (Wildman–Crippen LogP) is 4.04. The Morgan fingerprint density at radius 2 is 1.84 bits per heavy atom. The third kappa shape index (κ3) is 4.32. The van der Waals surface area contributed by atoms with Gasteiger partial charge in [-0.3, -0.25) is 9.69 Å². The van der Waals surface area contributed by atoms with Crippen molar-refractivity contribution in [3.63, 3.8) is 0 Å². The highest BCUT2D eigenvalue weighted by molar-refractivity contribution is 7.18. The molecule has 0 radical (unpaired) electrons. The molecule has 2 aliphatic heterocycles. The van der Waals surface area contributed by atoms with Crippen molar-refractivity contribution in [1.29, 1.82) is 0 Å². The Balaban J connectivity index is 1.20. The fourth-order valence-electron chi connectivity index (χ4n) is 4.93. The molecule has 0 aliphatic carbocycles. The molecule has 7 heteroatoms. The average molecular weight is 451 g/mol. The average Bonchev–Trinajstić information content (AvgIpc) is 3.23. The predicted molar refractivity (Wildman–Crippen MR) is 130 cm³/mol. The van der Waals surface area contributed by atoms with Gasteiger partial charge in [0.15, 0.2) is 0 Å². The number of nitrogens with zero attached hydrogens (tertiary/aromatic N) is 4. The number of fused-ring (bicyclic) bond motifs is 1. The summed E-state index contributed by atoms with van der Waals surface area (Å²) in [4.78, 5) is 24.9. The van der Waals surface area contributed by atoms with Crippen molar-refractivity contribution < 1.29 is 9.53 Å². The number of aryl methyl sites for hydroxylation is 1. The van der Waals surface area contributed by atoms with Crippen molar-refractivity contribution in [1.82, 2.24) is 14.8 Å². The number of amides is 1. The zero-order valence-corrected chi connectivity index (χ0v) is 19.6. The van der Waals surface area contributed by atoms with Gasteiger partial charge in [0.05, 0.1) is 22.3 Å². The van der Waals surface area contributed by atoms with Crippen molar-refractivity contribution in [3.8, 4) is 5.75 Å². The first-order valence-corrected chi connectivity index (χ1v) is 12.2. The van der Waals surface area contributed by atoms with Gasteiger partial charge in [0.25, 0.3) is 5.91 Å². The lowest BCUT2D eigenvalue weighted by atomic mass is 10.0. The Morgan fingerprint density at radius 1 is 1.06 bits per heavy atom. The summed E-state index contributed by atoms with van der Waals surface area (Å²) in [6, 6.07) is 14.7. The lowest BCUT2D eigenvalue weighted by Gasteiger charge is -2.44. The number of thiazole rings is 1. The van der Waals surface area contributed by atoms with E-state index < -0.39 is 0 Å². The number of piperidine rings is 1. The highest BCUT2D eigenvalue weighted by Gasteiger charge is 2.30. The summed E-state index contributed by atoms with van der Waals surface area (Å²) in [5, 5.41) is 1.04. The Hall–Kier alpha value is -2.64. The van der Waals surface area contributed by atoms with Crippen LogP contribution in [0.25, 0.3) is 10.2 Å². The molecule has 32 heavy (non-hydrogen) atoms. The van der Waals surface area contributed by atoms with Crippen LogP contribution in [0.1, 0.15) is 28.2 Å².